The van der Waals surface area contributed by atoms with Gasteiger partial charge in [-0.3, -0.25) is 29.1 Å². The Hall–Kier alpha value is -3.86. The van der Waals surface area contributed by atoms with Crippen LogP contribution in [0.5, 0.6) is 0 Å². The molecule has 3 aliphatic heterocycles. The van der Waals surface area contributed by atoms with Gasteiger partial charge >= 0.3 is 6.03 Å². The number of hydrogen-bond donors (Lipinski definition) is 0. The number of carbonyl (C=O) groups excluding carboxylic acids is 4. The number of imide groups is 1. The van der Waals surface area contributed by atoms with Gasteiger partial charge in [0.1, 0.15) is 19.5 Å². The number of anilines is 2. The van der Waals surface area contributed by atoms with E-state index in [0.29, 0.717) is 44.3 Å². The fraction of sp³-hybridized carbons (Fsp3) is 0.514. The zero-order valence-corrected chi connectivity index (χ0v) is 31.5. The zero-order chi connectivity index (χ0) is 35.1. The molecule has 0 spiro atoms. The molecule has 4 heterocycles. The summed E-state index contributed by atoms with van der Waals surface area (Å²) in [6, 6.07) is 12.3. The maximum absolute atomic E-state index is 13.9. The van der Waals surface area contributed by atoms with E-state index in [0.717, 1.165) is 39.3 Å². The predicted molar refractivity (Wildman–Crippen MR) is 194 cm³/mol. The molecule has 3 aliphatic rings. The Labute approximate surface area is 289 Å². The number of para-hydroxylation sites is 1. The van der Waals surface area contributed by atoms with E-state index in [9.17, 15) is 19.2 Å². The molecule has 1 aromatic heterocycles. The Morgan fingerprint density at radius 1 is 0.857 bits per heavy atom. The number of fused-ring (bicyclic) bond motifs is 2. The summed E-state index contributed by atoms with van der Waals surface area (Å²) in [5, 5.41) is 0. The molecule has 49 heavy (non-hydrogen) atoms. The second kappa shape index (κ2) is 13.8. The molecule has 12 nitrogen and oxygen atoms in total. The number of carbonyl (C=O) groups is 4. The second-order valence-electron chi connectivity index (χ2n) is 15.6. The fourth-order valence-corrected chi connectivity index (χ4v) is 8.01. The van der Waals surface area contributed by atoms with Crippen molar-refractivity contribution in [3.8, 4) is 0 Å². The second-order valence-corrected chi connectivity index (χ2v) is 26.9. The van der Waals surface area contributed by atoms with Gasteiger partial charge in [0, 0.05) is 66.7 Å². The first-order valence-electron chi connectivity index (χ1n) is 17.2. The highest BCUT2D eigenvalue weighted by atomic mass is 28.3. The highest BCUT2D eigenvalue weighted by Gasteiger charge is 2.43. The number of nitrogens with zero attached hydrogens (tertiary/aromatic N) is 6. The minimum atomic E-state index is -1.32. The number of likely N-dealkylation sites (tertiary alicyclic amines) is 1. The molecule has 0 aliphatic carbocycles. The molecule has 0 N–H and O–H groups in total. The summed E-state index contributed by atoms with van der Waals surface area (Å²) in [5.74, 6) is -0.910. The van der Waals surface area contributed by atoms with E-state index in [4.69, 9.17) is 9.47 Å². The average Bonchev–Trinajstić information content (AvgIpc) is 3.72. The number of amides is 5. The first-order valence-corrected chi connectivity index (χ1v) is 24.6. The van der Waals surface area contributed by atoms with E-state index in [1.54, 1.807) is 33.2 Å². The first-order chi connectivity index (χ1) is 23.2. The number of urea groups is 1. The van der Waals surface area contributed by atoms with E-state index in [1.165, 1.54) is 0 Å². The lowest BCUT2D eigenvalue weighted by atomic mass is 10.0. The van der Waals surface area contributed by atoms with Crippen molar-refractivity contribution in [1.82, 2.24) is 19.4 Å². The number of piperidine rings is 1. The molecule has 5 amide bonds. The van der Waals surface area contributed by atoms with Gasteiger partial charge in [-0.15, -0.1) is 0 Å². The van der Waals surface area contributed by atoms with Gasteiger partial charge in [-0.1, -0.05) is 45.3 Å². The Kier molecular flexibility index (Phi) is 9.86. The molecule has 2 saturated heterocycles. The lowest BCUT2D eigenvalue weighted by Crippen LogP contribution is -2.55. The highest BCUT2D eigenvalue weighted by molar-refractivity contribution is 6.76. The summed E-state index contributed by atoms with van der Waals surface area (Å²) in [6.07, 6.45) is 2.21. The van der Waals surface area contributed by atoms with Gasteiger partial charge in [0.05, 0.1) is 23.0 Å². The molecule has 1 atom stereocenters. The van der Waals surface area contributed by atoms with Crippen molar-refractivity contribution in [2.75, 3.05) is 42.8 Å². The standard InChI is InChI=1S/C35H48N6O6Si2/c1-48(2,3)18-16-46-23-37-22-36-28-8-7-9-29(32(28)37)39-15-14-38(35(39)45)26-10-11-27-25(20-26)21-40(33(27)43)30-12-13-31(42)41(34(30)44)24-47-17-19-49(4,5)6/h7-11,20,22,30H,12-19,21,23-24H2,1-6H3. The van der Waals surface area contributed by atoms with Gasteiger partial charge in [0.2, 0.25) is 5.91 Å². The first kappa shape index (κ1) is 35.0. The van der Waals surface area contributed by atoms with Crippen LogP contribution in [0, 0.1) is 0 Å². The van der Waals surface area contributed by atoms with Crippen molar-refractivity contribution in [1.29, 1.82) is 0 Å². The van der Waals surface area contributed by atoms with Crippen molar-refractivity contribution in [2.24, 2.45) is 0 Å². The molecule has 262 valence electrons. The van der Waals surface area contributed by atoms with E-state index >= 15 is 0 Å². The third-order valence-electron chi connectivity index (χ3n) is 9.45. The smallest absolute Gasteiger partial charge is 0.329 e. The van der Waals surface area contributed by atoms with E-state index in [-0.39, 0.29) is 44.0 Å². The lowest BCUT2D eigenvalue weighted by molar-refractivity contribution is -0.158. The molecular weight excluding hydrogens is 657 g/mol. The molecule has 6 rings (SSSR count). The van der Waals surface area contributed by atoms with Crippen LogP contribution < -0.4 is 9.80 Å². The van der Waals surface area contributed by atoms with Gasteiger partial charge in [0.15, 0.2) is 0 Å². The highest BCUT2D eigenvalue weighted by Crippen LogP contribution is 2.35. The largest absolute Gasteiger partial charge is 0.361 e. The van der Waals surface area contributed by atoms with Crippen LogP contribution in [0.25, 0.3) is 11.0 Å². The van der Waals surface area contributed by atoms with Crippen LogP contribution in [0.15, 0.2) is 42.7 Å². The van der Waals surface area contributed by atoms with Crippen molar-refractivity contribution in [3.05, 3.63) is 53.9 Å². The van der Waals surface area contributed by atoms with Crippen molar-refractivity contribution in [3.63, 3.8) is 0 Å². The maximum atomic E-state index is 13.9. The number of hydrogen-bond acceptors (Lipinski definition) is 7. The fourth-order valence-electron chi connectivity index (χ4n) is 6.49. The van der Waals surface area contributed by atoms with Crippen LogP contribution in [0.1, 0.15) is 28.8 Å². The molecule has 2 aromatic carbocycles. The van der Waals surface area contributed by atoms with Crippen molar-refractivity contribution >= 4 is 62.3 Å². The van der Waals surface area contributed by atoms with Crippen LogP contribution in [-0.4, -0.2) is 98.3 Å². The van der Waals surface area contributed by atoms with Crippen LogP contribution in [-0.2, 0) is 32.3 Å². The number of imidazole rings is 1. The lowest BCUT2D eigenvalue weighted by Gasteiger charge is -2.35. The molecule has 0 radical (unpaired) electrons. The molecule has 0 bridgehead atoms. The van der Waals surface area contributed by atoms with Crippen molar-refractivity contribution < 1.29 is 28.7 Å². The summed E-state index contributed by atoms with van der Waals surface area (Å²) in [7, 11) is -2.54. The quantitative estimate of drug-likeness (QED) is 0.130. The summed E-state index contributed by atoms with van der Waals surface area (Å²) < 4.78 is 13.7. The average molecular weight is 705 g/mol. The number of benzene rings is 2. The topological polar surface area (TPSA) is 118 Å². The van der Waals surface area contributed by atoms with E-state index in [1.807, 2.05) is 28.8 Å². The summed E-state index contributed by atoms with van der Waals surface area (Å²) in [4.78, 5) is 64.4. The minimum absolute atomic E-state index is 0.0918. The van der Waals surface area contributed by atoms with Crippen LogP contribution in [0.3, 0.4) is 0 Å². The molecule has 2 fully saturated rings. The van der Waals surface area contributed by atoms with E-state index in [2.05, 4.69) is 44.3 Å². The van der Waals surface area contributed by atoms with Gasteiger partial charge < -0.3 is 18.9 Å². The number of aromatic nitrogens is 2. The van der Waals surface area contributed by atoms with Gasteiger partial charge in [-0.2, -0.15) is 0 Å². The minimum Gasteiger partial charge on any atom is -0.361 e. The van der Waals surface area contributed by atoms with Crippen LogP contribution in [0.2, 0.25) is 51.4 Å². The molecule has 14 heteroatoms. The maximum Gasteiger partial charge on any atom is 0.329 e. The Morgan fingerprint density at radius 2 is 1.55 bits per heavy atom. The Morgan fingerprint density at radius 3 is 2.27 bits per heavy atom. The zero-order valence-electron chi connectivity index (χ0n) is 29.5. The van der Waals surface area contributed by atoms with Gasteiger partial charge in [0.25, 0.3) is 11.8 Å². The molecule has 3 aromatic rings. The van der Waals surface area contributed by atoms with Gasteiger partial charge in [-0.25, -0.2) is 9.78 Å². The summed E-state index contributed by atoms with van der Waals surface area (Å²) in [5.41, 5.74) is 4.39. The number of ether oxygens (including phenoxy) is 2. The monoisotopic (exact) mass is 704 g/mol. The predicted octanol–water partition coefficient (Wildman–Crippen LogP) is 5.58. The summed E-state index contributed by atoms with van der Waals surface area (Å²) in [6.45, 7) is 16.3. The van der Waals surface area contributed by atoms with Crippen LogP contribution >= 0.6 is 0 Å². The van der Waals surface area contributed by atoms with Crippen molar-refractivity contribution in [2.45, 2.75) is 83.5 Å². The normalized spacial score (nSPS) is 18.9. The van der Waals surface area contributed by atoms with E-state index < -0.39 is 28.1 Å². The Bertz CT molecular complexity index is 1770. The SMILES string of the molecule is C[Si](C)(C)CCOCN1C(=O)CCC(N2Cc3cc(N4CCN(c5cccc6ncn(COCC[Si](C)(C)C)c56)C4=O)ccc3C2=O)C1=O. The Balaban J connectivity index is 1.14. The molecule has 0 saturated carbocycles. The molecule has 1 unspecified atom stereocenters. The summed E-state index contributed by atoms with van der Waals surface area (Å²) >= 11 is 0. The van der Waals surface area contributed by atoms with Crippen LogP contribution in [0.4, 0.5) is 16.2 Å². The van der Waals surface area contributed by atoms with Gasteiger partial charge in [-0.05, 0) is 54.4 Å². The third kappa shape index (κ3) is 7.51. The molecular formula is C35H48N6O6Si2. The third-order valence-corrected chi connectivity index (χ3v) is 12.9. The number of rotatable bonds is 13.